The third-order valence-electron chi connectivity index (χ3n) is 3.99. The van der Waals surface area contributed by atoms with Gasteiger partial charge in [-0.15, -0.1) is 0 Å². The van der Waals surface area contributed by atoms with Gasteiger partial charge < -0.3 is 15.8 Å². The van der Waals surface area contributed by atoms with Crippen molar-refractivity contribution in [3.8, 4) is 0 Å². The van der Waals surface area contributed by atoms with E-state index in [1.54, 1.807) is 11.8 Å². The highest BCUT2D eigenvalue weighted by molar-refractivity contribution is 8.00. The molecular formula is C17H24N2O3S. The summed E-state index contributed by atoms with van der Waals surface area (Å²) < 4.78 is 5.25. The van der Waals surface area contributed by atoms with Gasteiger partial charge in [0.25, 0.3) is 0 Å². The van der Waals surface area contributed by atoms with Crippen LogP contribution in [-0.4, -0.2) is 35.5 Å². The Bertz CT molecular complexity index is 498. The number of carbonyl (C=O) groups is 2. The van der Waals surface area contributed by atoms with Gasteiger partial charge in [0.2, 0.25) is 6.41 Å². The Morgan fingerprint density at radius 1 is 1.35 bits per heavy atom. The van der Waals surface area contributed by atoms with E-state index in [0.717, 1.165) is 37.0 Å². The molecule has 3 atom stereocenters. The number of esters is 1. The minimum Gasteiger partial charge on any atom is -0.461 e. The molecule has 0 aliphatic carbocycles. The second-order valence-corrected chi connectivity index (χ2v) is 7.01. The second-order valence-electron chi connectivity index (χ2n) is 5.74. The minimum absolute atomic E-state index is 0.0195. The van der Waals surface area contributed by atoms with E-state index >= 15 is 0 Å². The van der Waals surface area contributed by atoms with Gasteiger partial charge in [-0.3, -0.25) is 9.59 Å². The lowest BCUT2D eigenvalue weighted by Gasteiger charge is -2.20. The summed E-state index contributed by atoms with van der Waals surface area (Å²) in [6, 6.07) is 9.73. The van der Waals surface area contributed by atoms with E-state index in [0.29, 0.717) is 18.3 Å². The van der Waals surface area contributed by atoms with Crippen molar-refractivity contribution in [2.75, 3.05) is 5.75 Å². The fourth-order valence-electron chi connectivity index (χ4n) is 2.72. The molecule has 1 aliphatic rings. The van der Waals surface area contributed by atoms with Crippen LogP contribution in [0.15, 0.2) is 30.3 Å². The largest absolute Gasteiger partial charge is 0.461 e. The Morgan fingerprint density at radius 2 is 2.13 bits per heavy atom. The first kappa shape index (κ1) is 17.8. The molecule has 0 saturated carbocycles. The molecular weight excluding hydrogens is 312 g/mol. The van der Waals surface area contributed by atoms with Crippen LogP contribution >= 0.6 is 11.8 Å². The molecule has 1 aliphatic heterocycles. The molecule has 3 unspecified atom stereocenters. The summed E-state index contributed by atoms with van der Waals surface area (Å²) in [5.41, 5.74) is 6.99. The molecule has 0 radical (unpaired) electrons. The first-order chi connectivity index (χ1) is 11.2. The van der Waals surface area contributed by atoms with Crippen molar-refractivity contribution in [2.45, 2.75) is 49.6 Å². The van der Waals surface area contributed by atoms with E-state index in [9.17, 15) is 9.59 Å². The first-order valence-corrected chi connectivity index (χ1v) is 9.02. The standard InChI is InChI=1S/C17H24N2O3S/c18-14-11-23-15(17(14)19-12-20)8-4-5-9-16(21)22-10-13-6-2-1-3-7-13/h1-3,6-7,12,14-15,17H,4-5,8-11,18H2,(H,19,20). The Kier molecular flexibility index (Phi) is 7.42. The summed E-state index contributed by atoms with van der Waals surface area (Å²) in [6.45, 7) is 0.332. The molecule has 0 aromatic heterocycles. The van der Waals surface area contributed by atoms with Crippen molar-refractivity contribution in [3.05, 3.63) is 35.9 Å². The molecule has 0 bridgehead atoms. The lowest BCUT2D eigenvalue weighted by molar-refractivity contribution is -0.145. The molecule has 3 N–H and O–H groups in total. The highest BCUT2D eigenvalue weighted by Crippen LogP contribution is 2.30. The highest BCUT2D eigenvalue weighted by atomic mass is 32.2. The molecule has 1 saturated heterocycles. The third kappa shape index (κ3) is 5.88. The summed E-state index contributed by atoms with van der Waals surface area (Å²) in [6.07, 6.45) is 3.85. The Hall–Kier alpha value is -1.53. The minimum atomic E-state index is -0.160. The van der Waals surface area contributed by atoms with Crippen molar-refractivity contribution in [1.29, 1.82) is 0 Å². The average Bonchev–Trinajstić information content (AvgIpc) is 2.91. The van der Waals surface area contributed by atoms with Crippen molar-refractivity contribution in [3.63, 3.8) is 0 Å². The number of benzene rings is 1. The van der Waals surface area contributed by atoms with Crippen LogP contribution < -0.4 is 11.1 Å². The van der Waals surface area contributed by atoms with Crippen molar-refractivity contribution >= 4 is 24.1 Å². The molecule has 126 valence electrons. The van der Waals surface area contributed by atoms with Gasteiger partial charge in [-0.25, -0.2) is 0 Å². The van der Waals surface area contributed by atoms with E-state index < -0.39 is 0 Å². The summed E-state index contributed by atoms with van der Waals surface area (Å²) in [7, 11) is 0. The van der Waals surface area contributed by atoms with Crippen LogP contribution in [0.4, 0.5) is 0 Å². The Labute approximate surface area is 141 Å². The number of unbranched alkanes of at least 4 members (excludes halogenated alkanes) is 1. The predicted octanol–water partition coefficient (Wildman–Crippen LogP) is 1.85. The van der Waals surface area contributed by atoms with Gasteiger partial charge in [0.05, 0.1) is 6.04 Å². The molecule has 1 aromatic carbocycles. The van der Waals surface area contributed by atoms with E-state index in [-0.39, 0.29) is 18.1 Å². The maximum atomic E-state index is 11.7. The summed E-state index contributed by atoms with van der Waals surface area (Å²) in [4.78, 5) is 22.3. The zero-order chi connectivity index (χ0) is 16.5. The molecule has 0 spiro atoms. The van der Waals surface area contributed by atoms with Gasteiger partial charge in [-0.05, 0) is 18.4 Å². The van der Waals surface area contributed by atoms with Gasteiger partial charge in [0, 0.05) is 23.5 Å². The molecule has 1 heterocycles. The number of hydrogen-bond acceptors (Lipinski definition) is 5. The lowest BCUT2D eigenvalue weighted by Crippen LogP contribution is -2.46. The highest BCUT2D eigenvalue weighted by Gasteiger charge is 2.33. The maximum absolute atomic E-state index is 11.7. The summed E-state index contributed by atoms with van der Waals surface area (Å²) in [5.74, 6) is 0.710. The number of amides is 1. The van der Waals surface area contributed by atoms with Gasteiger partial charge in [-0.2, -0.15) is 11.8 Å². The zero-order valence-electron chi connectivity index (χ0n) is 13.1. The zero-order valence-corrected chi connectivity index (χ0v) is 14.0. The molecule has 1 aromatic rings. The monoisotopic (exact) mass is 336 g/mol. The Balaban J connectivity index is 1.59. The molecule has 2 rings (SSSR count). The van der Waals surface area contributed by atoms with Crippen molar-refractivity contribution < 1.29 is 14.3 Å². The number of rotatable bonds is 9. The number of carbonyl (C=O) groups excluding carboxylic acids is 2. The smallest absolute Gasteiger partial charge is 0.306 e. The average molecular weight is 336 g/mol. The SMILES string of the molecule is NC1CSC(CCCCC(=O)OCc2ccccc2)C1NC=O. The van der Waals surface area contributed by atoms with Crippen molar-refractivity contribution in [1.82, 2.24) is 5.32 Å². The maximum Gasteiger partial charge on any atom is 0.306 e. The van der Waals surface area contributed by atoms with Crippen LogP contribution in [0.5, 0.6) is 0 Å². The third-order valence-corrected chi connectivity index (χ3v) is 5.52. The van der Waals surface area contributed by atoms with Crippen molar-refractivity contribution in [2.24, 2.45) is 5.73 Å². The summed E-state index contributed by atoms with van der Waals surface area (Å²) in [5, 5.41) is 3.16. The van der Waals surface area contributed by atoms with Crippen LogP contribution in [0.25, 0.3) is 0 Å². The lowest BCUT2D eigenvalue weighted by atomic mass is 10.0. The van der Waals surface area contributed by atoms with Gasteiger partial charge in [0.15, 0.2) is 0 Å². The number of hydrogen-bond donors (Lipinski definition) is 2. The molecule has 6 heteroatoms. The fourth-order valence-corrected chi connectivity index (χ4v) is 4.21. The topological polar surface area (TPSA) is 81.4 Å². The summed E-state index contributed by atoms with van der Waals surface area (Å²) >= 11 is 1.80. The quantitative estimate of drug-likeness (QED) is 0.409. The predicted molar refractivity (Wildman–Crippen MR) is 91.9 cm³/mol. The van der Waals surface area contributed by atoms with Gasteiger partial charge >= 0.3 is 5.97 Å². The Morgan fingerprint density at radius 3 is 2.87 bits per heavy atom. The van der Waals surface area contributed by atoms with E-state index in [4.69, 9.17) is 10.5 Å². The van der Waals surface area contributed by atoms with E-state index in [1.807, 2.05) is 30.3 Å². The second kappa shape index (κ2) is 9.57. The van der Waals surface area contributed by atoms with Crippen LogP contribution in [0, 0.1) is 0 Å². The fraction of sp³-hybridized carbons (Fsp3) is 0.529. The van der Waals surface area contributed by atoms with Gasteiger partial charge in [-0.1, -0.05) is 36.8 Å². The normalized spacial score (nSPS) is 23.4. The number of nitrogens with one attached hydrogen (secondary N) is 1. The number of ether oxygens (including phenoxy) is 1. The molecule has 1 amide bonds. The number of thioether (sulfide) groups is 1. The van der Waals surface area contributed by atoms with E-state index in [2.05, 4.69) is 5.32 Å². The van der Waals surface area contributed by atoms with Crippen LogP contribution in [-0.2, 0) is 20.9 Å². The molecule has 1 fully saturated rings. The van der Waals surface area contributed by atoms with Crippen LogP contribution in [0.1, 0.15) is 31.2 Å². The van der Waals surface area contributed by atoms with Gasteiger partial charge in [0.1, 0.15) is 6.61 Å². The van der Waals surface area contributed by atoms with Crippen LogP contribution in [0.3, 0.4) is 0 Å². The molecule has 23 heavy (non-hydrogen) atoms. The first-order valence-electron chi connectivity index (χ1n) is 7.97. The van der Waals surface area contributed by atoms with E-state index in [1.165, 1.54) is 0 Å². The number of nitrogens with two attached hydrogens (primary N) is 1. The van der Waals surface area contributed by atoms with Crippen LogP contribution in [0.2, 0.25) is 0 Å². The molecule has 5 nitrogen and oxygen atoms in total.